The van der Waals surface area contributed by atoms with Crippen molar-refractivity contribution < 1.29 is 14.3 Å². The third-order valence-electron chi connectivity index (χ3n) is 5.13. The van der Waals surface area contributed by atoms with Crippen LogP contribution in [-0.2, 0) is 0 Å². The largest absolute Gasteiger partial charge is 0.486 e. The summed E-state index contributed by atoms with van der Waals surface area (Å²) in [5.41, 5.74) is 1.95. The van der Waals surface area contributed by atoms with Crippen molar-refractivity contribution in [2.45, 2.75) is 52.1 Å². The van der Waals surface area contributed by atoms with Gasteiger partial charge in [0.2, 0.25) is 0 Å². The minimum Gasteiger partial charge on any atom is -0.486 e. The van der Waals surface area contributed by atoms with Gasteiger partial charge < -0.3 is 14.4 Å². The normalized spacial score (nSPS) is 16.5. The van der Waals surface area contributed by atoms with Gasteiger partial charge in [0.25, 0.3) is 5.91 Å². The highest BCUT2D eigenvalue weighted by molar-refractivity contribution is 5.93. The van der Waals surface area contributed by atoms with Crippen LogP contribution in [0.4, 0.5) is 0 Å². The number of carbonyl (C=O) groups is 1. The van der Waals surface area contributed by atoms with Gasteiger partial charge in [0.15, 0.2) is 17.2 Å². The van der Waals surface area contributed by atoms with Gasteiger partial charge in [0.05, 0.1) is 11.4 Å². The van der Waals surface area contributed by atoms with Crippen LogP contribution in [-0.4, -0.2) is 51.1 Å². The molecule has 0 unspecified atom stereocenters. The summed E-state index contributed by atoms with van der Waals surface area (Å²) >= 11 is 0. The van der Waals surface area contributed by atoms with E-state index in [9.17, 15) is 4.79 Å². The van der Waals surface area contributed by atoms with Gasteiger partial charge in [0, 0.05) is 18.2 Å². The van der Waals surface area contributed by atoms with E-state index in [2.05, 4.69) is 24.2 Å². The number of hydrogen-bond acceptors (Lipinski definition) is 5. The van der Waals surface area contributed by atoms with Crippen molar-refractivity contribution in [2.75, 3.05) is 13.2 Å². The van der Waals surface area contributed by atoms with Gasteiger partial charge in [-0.05, 0) is 52.2 Å². The smallest absolute Gasteiger partial charge is 0.276 e. The fourth-order valence-corrected chi connectivity index (χ4v) is 3.54. The van der Waals surface area contributed by atoms with Gasteiger partial charge in [-0.3, -0.25) is 4.79 Å². The Labute approximate surface area is 152 Å². The highest BCUT2D eigenvalue weighted by Gasteiger charge is 2.33. The molecule has 1 fully saturated rings. The molecule has 1 aliphatic heterocycles. The van der Waals surface area contributed by atoms with E-state index in [0.717, 1.165) is 30.0 Å². The maximum absolute atomic E-state index is 13.1. The van der Waals surface area contributed by atoms with Crippen LogP contribution in [0.2, 0.25) is 0 Å². The summed E-state index contributed by atoms with van der Waals surface area (Å²) in [5, 5.41) is 8.42. The van der Waals surface area contributed by atoms with Crippen LogP contribution in [0.25, 0.3) is 5.69 Å². The first kappa shape index (κ1) is 16.9. The lowest BCUT2D eigenvalue weighted by atomic mass is 9.90. The van der Waals surface area contributed by atoms with Crippen molar-refractivity contribution in [3.8, 4) is 17.2 Å². The minimum atomic E-state index is -0.0361. The van der Waals surface area contributed by atoms with Crippen LogP contribution in [0.5, 0.6) is 11.5 Å². The monoisotopic (exact) mass is 356 g/mol. The SMILES string of the molecule is Cc1c(C(=O)N(C(C)C)C2CCC2)nnn1-c1ccc2c(c1)OCCO2. The number of benzene rings is 1. The van der Waals surface area contributed by atoms with E-state index in [1.807, 2.05) is 30.0 Å². The van der Waals surface area contributed by atoms with Crippen LogP contribution in [0, 0.1) is 6.92 Å². The molecule has 0 radical (unpaired) electrons. The molecule has 7 heteroatoms. The van der Waals surface area contributed by atoms with Crippen molar-refractivity contribution in [1.29, 1.82) is 0 Å². The van der Waals surface area contributed by atoms with E-state index in [-0.39, 0.29) is 11.9 Å². The fourth-order valence-electron chi connectivity index (χ4n) is 3.54. The van der Waals surface area contributed by atoms with Crippen molar-refractivity contribution in [3.63, 3.8) is 0 Å². The molecular formula is C19H24N4O3. The molecule has 7 nitrogen and oxygen atoms in total. The average Bonchev–Trinajstić information content (AvgIpc) is 2.98. The number of amides is 1. The standard InChI is InChI=1S/C19H24N4O3/c1-12(2)22(14-5-4-6-14)19(24)18-13(3)23(21-20-18)15-7-8-16-17(11-15)26-10-9-25-16/h7-8,11-12,14H,4-6,9-10H2,1-3H3. The second kappa shape index (κ2) is 6.63. The quantitative estimate of drug-likeness (QED) is 0.842. The Hall–Kier alpha value is -2.57. The summed E-state index contributed by atoms with van der Waals surface area (Å²) in [5.74, 6) is 1.38. The second-order valence-corrected chi connectivity index (χ2v) is 7.15. The zero-order chi connectivity index (χ0) is 18.3. The van der Waals surface area contributed by atoms with Crippen molar-refractivity contribution in [2.24, 2.45) is 0 Å². The predicted molar refractivity (Wildman–Crippen MR) is 96.0 cm³/mol. The number of rotatable bonds is 4. The zero-order valence-corrected chi connectivity index (χ0v) is 15.4. The Morgan fingerprint density at radius 1 is 1.23 bits per heavy atom. The number of ether oxygens (including phenoxy) is 2. The van der Waals surface area contributed by atoms with Gasteiger partial charge >= 0.3 is 0 Å². The molecule has 1 saturated carbocycles. The maximum atomic E-state index is 13.1. The molecule has 2 aliphatic rings. The molecule has 4 rings (SSSR count). The van der Waals surface area contributed by atoms with Gasteiger partial charge in [-0.2, -0.15) is 0 Å². The van der Waals surface area contributed by atoms with E-state index < -0.39 is 0 Å². The molecule has 2 aromatic rings. The lowest BCUT2D eigenvalue weighted by Crippen LogP contribution is -2.48. The summed E-state index contributed by atoms with van der Waals surface area (Å²) < 4.78 is 12.9. The molecule has 1 aromatic heterocycles. The van der Waals surface area contributed by atoms with Crippen LogP contribution >= 0.6 is 0 Å². The third-order valence-corrected chi connectivity index (χ3v) is 5.13. The molecule has 138 valence electrons. The Morgan fingerprint density at radius 3 is 2.62 bits per heavy atom. The van der Waals surface area contributed by atoms with E-state index in [0.29, 0.717) is 30.7 Å². The van der Waals surface area contributed by atoms with E-state index >= 15 is 0 Å². The fraction of sp³-hybridized carbons (Fsp3) is 0.526. The first-order chi connectivity index (χ1) is 12.6. The summed E-state index contributed by atoms with van der Waals surface area (Å²) in [7, 11) is 0. The Kier molecular flexibility index (Phi) is 4.30. The summed E-state index contributed by atoms with van der Waals surface area (Å²) in [4.78, 5) is 15.0. The molecule has 0 bridgehead atoms. The highest BCUT2D eigenvalue weighted by atomic mass is 16.6. The van der Waals surface area contributed by atoms with Gasteiger partial charge in [0.1, 0.15) is 13.2 Å². The van der Waals surface area contributed by atoms with E-state index in [1.165, 1.54) is 6.42 Å². The van der Waals surface area contributed by atoms with E-state index in [1.54, 1.807) is 4.68 Å². The molecule has 1 amide bonds. The zero-order valence-electron chi connectivity index (χ0n) is 15.4. The average molecular weight is 356 g/mol. The number of fused-ring (bicyclic) bond motifs is 1. The Balaban J connectivity index is 1.64. The van der Waals surface area contributed by atoms with Crippen LogP contribution < -0.4 is 9.47 Å². The minimum absolute atomic E-state index is 0.0361. The number of aromatic nitrogens is 3. The molecule has 0 atom stereocenters. The lowest BCUT2D eigenvalue weighted by molar-refractivity contribution is 0.0482. The molecule has 26 heavy (non-hydrogen) atoms. The Bertz CT molecular complexity index is 826. The topological polar surface area (TPSA) is 69.5 Å². The van der Waals surface area contributed by atoms with E-state index in [4.69, 9.17) is 9.47 Å². The van der Waals surface area contributed by atoms with Crippen molar-refractivity contribution in [1.82, 2.24) is 19.9 Å². The van der Waals surface area contributed by atoms with Gasteiger partial charge in [-0.25, -0.2) is 4.68 Å². The van der Waals surface area contributed by atoms with Gasteiger partial charge in [-0.15, -0.1) is 5.10 Å². The third kappa shape index (κ3) is 2.81. The maximum Gasteiger partial charge on any atom is 0.276 e. The predicted octanol–water partition coefficient (Wildman–Crippen LogP) is 2.75. The highest BCUT2D eigenvalue weighted by Crippen LogP contribution is 2.33. The van der Waals surface area contributed by atoms with Crippen molar-refractivity contribution >= 4 is 5.91 Å². The van der Waals surface area contributed by atoms with Crippen LogP contribution in [0.15, 0.2) is 18.2 Å². The van der Waals surface area contributed by atoms with Gasteiger partial charge in [-0.1, -0.05) is 5.21 Å². The number of nitrogens with zero attached hydrogens (tertiary/aromatic N) is 4. The van der Waals surface area contributed by atoms with Crippen LogP contribution in [0.1, 0.15) is 49.3 Å². The molecule has 1 aliphatic carbocycles. The summed E-state index contributed by atoms with van der Waals surface area (Å²) in [6.07, 6.45) is 3.32. The molecule has 0 saturated heterocycles. The molecule has 1 aromatic carbocycles. The molecule has 2 heterocycles. The molecular weight excluding hydrogens is 332 g/mol. The van der Waals surface area contributed by atoms with Crippen molar-refractivity contribution in [3.05, 3.63) is 29.6 Å². The number of hydrogen-bond donors (Lipinski definition) is 0. The van der Waals surface area contributed by atoms with Crippen LogP contribution in [0.3, 0.4) is 0 Å². The summed E-state index contributed by atoms with van der Waals surface area (Å²) in [6, 6.07) is 6.10. The lowest BCUT2D eigenvalue weighted by Gasteiger charge is -2.40. The second-order valence-electron chi connectivity index (χ2n) is 7.15. The molecule has 0 spiro atoms. The molecule has 0 N–H and O–H groups in total. The summed E-state index contributed by atoms with van der Waals surface area (Å²) in [6.45, 7) is 7.07. The first-order valence-electron chi connectivity index (χ1n) is 9.21. The Morgan fingerprint density at radius 2 is 1.96 bits per heavy atom. The first-order valence-corrected chi connectivity index (χ1v) is 9.21. The number of carbonyl (C=O) groups excluding carboxylic acids is 1.